The highest BCUT2D eigenvalue weighted by Gasteiger charge is 2.21. The van der Waals surface area contributed by atoms with Gasteiger partial charge < -0.3 is 5.32 Å². The first-order valence-corrected chi connectivity index (χ1v) is 8.61. The molecular formula is C17H31N3. The average Bonchev–Trinajstić information content (AvgIpc) is 2.64. The van der Waals surface area contributed by atoms with Crippen LogP contribution in [0, 0.1) is 0 Å². The van der Waals surface area contributed by atoms with Crippen molar-refractivity contribution in [2.45, 2.75) is 84.7 Å². The lowest BCUT2D eigenvalue weighted by atomic mass is 10.1. The van der Waals surface area contributed by atoms with Crippen LogP contribution in [0.4, 0.5) is 0 Å². The van der Waals surface area contributed by atoms with E-state index in [1.165, 1.54) is 55.5 Å². The summed E-state index contributed by atoms with van der Waals surface area (Å²) in [7, 11) is 0. The number of nitrogens with zero attached hydrogens (tertiary/aromatic N) is 2. The van der Waals surface area contributed by atoms with E-state index < -0.39 is 0 Å². The third-order valence-corrected chi connectivity index (χ3v) is 4.59. The molecular weight excluding hydrogens is 246 g/mol. The van der Waals surface area contributed by atoms with Crippen molar-refractivity contribution in [3.05, 3.63) is 17.0 Å². The zero-order valence-electron chi connectivity index (χ0n) is 13.5. The van der Waals surface area contributed by atoms with Crippen molar-refractivity contribution in [1.29, 1.82) is 0 Å². The third-order valence-electron chi connectivity index (χ3n) is 4.59. The van der Waals surface area contributed by atoms with E-state index in [4.69, 9.17) is 5.10 Å². The van der Waals surface area contributed by atoms with E-state index in [1.807, 2.05) is 0 Å². The summed E-state index contributed by atoms with van der Waals surface area (Å²) in [6.07, 6.45) is 10.3. The number of aromatic nitrogens is 2. The topological polar surface area (TPSA) is 29.9 Å². The van der Waals surface area contributed by atoms with Gasteiger partial charge in [-0.2, -0.15) is 5.10 Å². The molecule has 20 heavy (non-hydrogen) atoms. The predicted octanol–water partition coefficient (Wildman–Crippen LogP) is 4.01. The minimum atomic E-state index is 0.646. The largest absolute Gasteiger partial charge is 0.313 e. The first kappa shape index (κ1) is 15.6. The molecule has 0 bridgehead atoms. The lowest BCUT2D eigenvalue weighted by Crippen LogP contribution is -2.16. The van der Waals surface area contributed by atoms with Crippen LogP contribution in [-0.4, -0.2) is 16.3 Å². The van der Waals surface area contributed by atoms with Crippen LogP contribution in [0.15, 0.2) is 0 Å². The fourth-order valence-electron chi connectivity index (χ4n) is 3.47. The predicted molar refractivity (Wildman–Crippen MR) is 85.1 cm³/mol. The number of hydrogen-bond donors (Lipinski definition) is 1. The fraction of sp³-hybridized carbons (Fsp3) is 0.824. The normalized spacial score (nSPS) is 17.4. The summed E-state index contributed by atoms with van der Waals surface area (Å²) in [6.45, 7) is 8.69. The van der Waals surface area contributed by atoms with Crippen LogP contribution in [-0.2, 0) is 19.4 Å². The molecule has 114 valence electrons. The van der Waals surface area contributed by atoms with Crippen LogP contribution in [0.2, 0.25) is 0 Å². The van der Waals surface area contributed by atoms with Gasteiger partial charge in [-0.3, -0.25) is 4.68 Å². The molecule has 1 aromatic heterocycles. The third kappa shape index (κ3) is 3.43. The monoisotopic (exact) mass is 277 g/mol. The molecule has 0 aromatic carbocycles. The van der Waals surface area contributed by atoms with E-state index in [1.54, 1.807) is 0 Å². The second-order valence-electron chi connectivity index (χ2n) is 5.95. The lowest BCUT2D eigenvalue weighted by molar-refractivity contribution is 0.392. The van der Waals surface area contributed by atoms with E-state index in [2.05, 4.69) is 30.8 Å². The van der Waals surface area contributed by atoms with Gasteiger partial charge in [0.05, 0.1) is 11.7 Å². The molecule has 2 rings (SSSR count). The highest BCUT2D eigenvalue weighted by atomic mass is 15.3. The van der Waals surface area contributed by atoms with Crippen LogP contribution in [0.5, 0.6) is 0 Å². The standard InChI is InChI=1S/C17H31N3/c1-4-16-15(13-18-6-3)17(5-2)20(19-16)14-11-9-7-8-10-12-14/h14,18H,4-13H2,1-3H3. The summed E-state index contributed by atoms with van der Waals surface area (Å²) < 4.78 is 2.40. The van der Waals surface area contributed by atoms with Crippen LogP contribution in [0.1, 0.15) is 82.3 Å². The lowest BCUT2D eigenvalue weighted by Gasteiger charge is -2.18. The molecule has 0 saturated heterocycles. The summed E-state index contributed by atoms with van der Waals surface area (Å²) >= 11 is 0. The van der Waals surface area contributed by atoms with Gasteiger partial charge in [-0.25, -0.2) is 0 Å². The van der Waals surface area contributed by atoms with E-state index in [0.29, 0.717) is 6.04 Å². The highest BCUT2D eigenvalue weighted by Crippen LogP contribution is 2.30. The zero-order valence-corrected chi connectivity index (χ0v) is 13.5. The number of aryl methyl sites for hydroxylation is 1. The number of rotatable bonds is 6. The maximum atomic E-state index is 4.99. The van der Waals surface area contributed by atoms with E-state index >= 15 is 0 Å². The van der Waals surface area contributed by atoms with E-state index in [-0.39, 0.29) is 0 Å². The molecule has 1 N–H and O–H groups in total. The maximum absolute atomic E-state index is 4.99. The summed E-state index contributed by atoms with van der Waals surface area (Å²) in [5, 5.41) is 8.48. The molecule has 0 radical (unpaired) electrons. The second-order valence-corrected chi connectivity index (χ2v) is 5.95. The van der Waals surface area contributed by atoms with Gasteiger partial charge in [-0.1, -0.05) is 46.5 Å². The Balaban J connectivity index is 2.28. The summed E-state index contributed by atoms with van der Waals surface area (Å²) in [6, 6.07) is 0.646. The molecule has 1 heterocycles. The molecule has 3 heteroatoms. The Morgan fingerprint density at radius 3 is 2.30 bits per heavy atom. The van der Waals surface area contributed by atoms with Crippen LogP contribution in [0.3, 0.4) is 0 Å². The summed E-state index contributed by atoms with van der Waals surface area (Å²) in [4.78, 5) is 0. The van der Waals surface area contributed by atoms with Gasteiger partial charge in [-0.05, 0) is 32.2 Å². The number of hydrogen-bond acceptors (Lipinski definition) is 2. The molecule has 0 amide bonds. The van der Waals surface area contributed by atoms with Crippen molar-refractivity contribution in [3.8, 4) is 0 Å². The Bertz CT molecular complexity index is 401. The van der Waals surface area contributed by atoms with Crippen molar-refractivity contribution < 1.29 is 0 Å². The fourth-order valence-corrected chi connectivity index (χ4v) is 3.47. The Hall–Kier alpha value is -0.830. The molecule has 1 aromatic rings. The first-order chi connectivity index (χ1) is 9.81. The molecule has 3 nitrogen and oxygen atoms in total. The van der Waals surface area contributed by atoms with Crippen molar-refractivity contribution >= 4 is 0 Å². The summed E-state index contributed by atoms with van der Waals surface area (Å²) in [5.41, 5.74) is 4.27. The van der Waals surface area contributed by atoms with Crippen molar-refractivity contribution in [2.75, 3.05) is 6.54 Å². The first-order valence-electron chi connectivity index (χ1n) is 8.61. The molecule has 1 aliphatic rings. The molecule has 0 aliphatic heterocycles. The van der Waals surface area contributed by atoms with Crippen molar-refractivity contribution in [1.82, 2.24) is 15.1 Å². The molecule has 1 saturated carbocycles. The summed E-state index contributed by atoms with van der Waals surface area (Å²) in [5.74, 6) is 0. The van der Waals surface area contributed by atoms with Gasteiger partial charge >= 0.3 is 0 Å². The van der Waals surface area contributed by atoms with Crippen molar-refractivity contribution in [3.63, 3.8) is 0 Å². The number of nitrogens with one attached hydrogen (secondary N) is 1. The zero-order chi connectivity index (χ0) is 14.4. The Labute approximate surface area is 124 Å². The smallest absolute Gasteiger partial charge is 0.0669 e. The molecule has 1 fully saturated rings. The van der Waals surface area contributed by atoms with Crippen LogP contribution >= 0.6 is 0 Å². The Kier molecular flexibility index (Phi) is 6.08. The van der Waals surface area contributed by atoms with Gasteiger partial charge in [0.1, 0.15) is 0 Å². The van der Waals surface area contributed by atoms with E-state index in [0.717, 1.165) is 25.9 Å². The van der Waals surface area contributed by atoms with Crippen molar-refractivity contribution in [2.24, 2.45) is 0 Å². The van der Waals surface area contributed by atoms with Gasteiger partial charge in [-0.15, -0.1) is 0 Å². The van der Waals surface area contributed by atoms with Gasteiger partial charge in [0.2, 0.25) is 0 Å². The van der Waals surface area contributed by atoms with Gasteiger partial charge in [0.15, 0.2) is 0 Å². The van der Waals surface area contributed by atoms with Gasteiger partial charge in [0.25, 0.3) is 0 Å². The Morgan fingerprint density at radius 1 is 1.05 bits per heavy atom. The molecule has 0 spiro atoms. The SMILES string of the molecule is CCNCc1c(CC)nn(C2CCCCCC2)c1CC. The Morgan fingerprint density at radius 2 is 1.75 bits per heavy atom. The average molecular weight is 277 g/mol. The molecule has 0 unspecified atom stereocenters. The highest BCUT2D eigenvalue weighted by molar-refractivity contribution is 5.27. The van der Waals surface area contributed by atoms with Gasteiger partial charge in [0, 0.05) is 17.8 Å². The maximum Gasteiger partial charge on any atom is 0.0669 e. The quantitative estimate of drug-likeness (QED) is 0.796. The molecule has 0 atom stereocenters. The minimum Gasteiger partial charge on any atom is -0.313 e. The van der Waals surface area contributed by atoms with Crippen LogP contribution < -0.4 is 5.32 Å². The van der Waals surface area contributed by atoms with Crippen LogP contribution in [0.25, 0.3) is 0 Å². The second kappa shape index (κ2) is 7.82. The van der Waals surface area contributed by atoms with E-state index in [9.17, 15) is 0 Å². The molecule has 1 aliphatic carbocycles. The minimum absolute atomic E-state index is 0.646.